The summed E-state index contributed by atoms with van der Waals surface area (Å²) >= 11 is 3.39. The van der Waals surface area contributed by atoms with Crippen molar-refractivity contribution in [3.8, 4) is 17.2 Å². The highest BCUT2D eigenvalue weighted by molar-refractivity contribution is 9.10. The average Bonchev–Trinajstić information content (AvgIpc) is 2.86. The van der Waals surface area contributed by atoms with Crippen molar-refractivity contribution in [2.75, 3.05) is 53.3 Å². The molecule has 1 N–H and O–H groups in total. The first kappa shape index (κ1) is 24.4. The fourth-order valence-electron chi connectivity index (χ4n) is 3.82. The van der Waals surface area contributed by atoms with Crippen molar-refractivity contribution in [2.24, 2.45) is 0 Å². The maximum Gasteiger partial charge on any atom is 0.256 e. The number of carbonyl (C=O) groups excluding carboxylic acids is 3. The third-order valence-corrected chi connectivity index (χ3v) is 6.01. The van der Waals surface area contributed by atoms with Crippen LogP contribution in [0.2, 0.25) is 0 Å². The summed E-state index contributed by atoms with van der Waals surface area (Å²) in [7, 11) is 6.15. The van der Waals surface area contributed by atoms with E-state index in [0.717, 1.165) is 4.47 Å². The predicted octanol–water partition coefficient (Wildman–Crippen LogP) is 2.68. The van der Waals surface area contributed by atoms with Crippen LogP contribution < -0.4 is 19.5 Å². The summed E-state index contributed by atoms with van der Waals surface area (Å²) in [5.41, 5.74) is 1.44. The summed E-state index contributed by atoms with van der Waals surface area (Å²) in [4.78, 5) is 41.4. The molecule has 1 aliphatic rings. The van der Waals surface area contributed by atoms with Crippen LogP contribution in [0.1, 0.15) is 20.7 Å². The maximum absolute atomic E-state index is 13.2. The van der Waals surface area contributed by atoms with Crippen molar-refractivity contribution in [2.45, 2.75) is 6.04 Å². The summed E-state index contributed by atoms with van der Waals surface area (Å²) < 4.78 is 16.7. The monoisotopic (exact) mass is 519 g/mol. The lowest BCUT2D eigenvalue weighted by Gasteiger charge is -2.39. The Labute approximate surface area is 200 Å². The van der Waals surface area contributed by atoms with Crippen LogP contribution in [0.3, 0.4) is 0 Å². The molecule has 0 spiro atoms. The fraction of sp³-hybridized carbons (Fsp3) is 0.348. The van der Waals surface area contributed by atoms with Crippen molar-refractivity contribution in [3.63, 3.8) is 0 Å². The number of amides is 2. The quantitative estimate of drug-likeness (QED) is 0.561. The largest absolute Gasteiger partial charge is 0.493 e. The molecule has 2 aromatic rings. The van der Waals surface area contributed by atoms with E-state index in [1.807, 2.05) is 6.07 Å². The average molecular weight is 520 g/mol. The highest BCUT2D eigenvalue weighted by atomic mass is 79.9. The lowest BCUT2D eigenvalue weighted by molar-refractivity contribution is -0.113. The fourth-order valence-corrected chi connectivity index (χ4v) is 4.18. The number of rotatable bonds is 7. The molecule has 176 valence electrons. The first-order chi connectivity index (χ1) is 15.9. The smallest absolute Gasteiger partial charge is 0.256 e. The van der Waals surface area contributed by atoms with Gasteiger partial charge in [0.25, 0.3) is 11.8 Å². The molecule has 2 aromatic carbocycles. The molecule has 1 unspecified atom stereocenters. The summed E-state index contributed by atoms with van der Waals surface area (Å²) in [5, 5.41) is 3.00. The number of aldehydes is 1. The molecule has 0 aliphatic carbocycles. The Morgan fingerprint density at radius 1 is 1.03 bits per heavy atom. The Kier molecular flexibility index (Phi) is 7.80. The second kappa shape index (κ2) is 10.6. The van der Waals surface area contributed by atoms with Gasteiger partial charge in [0.05, 0.1) is 26.9 Å². The molecule has 1 fully saturated rings. The number of halogens is 1. The molecule has 3 rings (SSSR count). The van der Waals surface area contributed by atoms with E-state index in [-0.39, 0.29) is 31.4 Å². The summed E-state index contributed by atoms with van der Waals surface area (Å²) in [6.07, 6.45) is 0.698. The van der Waals surface area contributed by atoms with Crippen LogP contribution in [-0.2, 0) is 4.79 Å². The molecule has 1 aliphatic heterocycles. The van der Waals surface area contributed by atoms with Gasteiger partial charge >= 0.3 is 0 Å². The zero-order valence-electron chi connectivity index (χ0n) is 18.9. The highest BCUT2D eigenvalue weighted by Gasteiger charge is 2.34. The molecule has 1 saturated heterocycles. The molecule has 0 bridgehead atoms. The number of nitrogens with one attached hydrogen (secondary N) is 1. The number of hydrogen-bond acceptors (Lipinski definition) is 7. The van der Waals surface area contributed by atoms with Crippen LogP contribution >= 0.6 is 15.9 Å². The second-order valence-electron chi connectivity index (χ2n) is 7.31. The summed E-state index contributed by atoms with van der Waals surface area (Å²) in [6.45, 7) is 0.566. The molecular formula is C23H26BrN3O6. The van der Waals surface area contributed by atoms with Gasteiger partial charge in [0.1, 0.15) is 12.3 Å². The predicted molar refractivity (Wildman–Crippen MR) is 127 cm³/mol. The lowest BCUT2D eigenvalue weighted by atomic mass is 10.1. The number of ether oxygens (including phenoxy) is 3. The van der Waals surface area contributed by atoms with E-state index in [4.69, 9.17) is 14.2 Å². The van der Waals surface area contributed by atoms with E-state index >= 15 is 0 Å². The van der Waals surface area contributed by atoms with Crippen molar-refractivity contribution < 1.29 is 28.6 Å². The second-order valence-corrected chi connectivity index (χ2v) is 8.22. The number of nitrogens with zero attached hydrogens (tertiary/aromatic N) is 2. The molecule has 2 amide bonds. The van der Waals surface area contributed by atoms with Gasteiger partial charge in [0.15, 0.2) is 11.5 Å². The van der Waals surface area contributed by atoms with E-state index < -0.39 is 6.04 Å². The topological polar surface area (TPSA) is 97.4 Å². The van der Waals surface area contributed by atoms with E-state index in [1.165, 1.54) is 26.2 Å². The first-order valence-electron chi connectivity index (χ1n) is 10.2. The third-order valence-electron chi connectivity index (χ3n) is 5.52. The van der Waals surface area contributed by atoms with Gasteiger partial charge in [0.2, 0.25) is 5.75 Å². The zero-order valence-corrected chi connectivity index (χ0v) is 20.5. The lowest BCUT2D eigenvalue weighted by Crippen LogP contribution is -2.57. The minimum absolute atomic E-state index is 0.0770. The highest BCUT2D eigenvalue weighted by Crippen LogP contribution is 2.38. The van der Waals surface area contributed by atoms with Crippen LogP contribution in [0, 0.1) is 0 Å². The minimum atomic E-state index is -0.777. The van der Waals surface area contributed by atoms with Crippen LogP contribution in [0.15, 0.2) is 34.8 Å². The molecule has 10 heteroatoms. The zero-order chi connectivity index (χ0) is 24.1. The Hall–Kier alpha value is -3.27. The molecular weight excluding hydrogens is 494 g/mol. The number of methoxy groups -OCH3 is 3. The van der Waals surface area contributed by atoms with E-state index in [1.54, 1.807) is 36.2 Å². The molecule has 0 aromatic heterocycles. The number of piperazine rings is 1. The Morgan fingerprint density at radius 3 is 2.24 bits per heavy atom. The standard InChI is InChI=1S/C23H26BrN3O6/c1-25-18-6-5-15(24)11-17(18)23(30)27-8-7-26(12-16(27)13-28)22(29)14-9-19(31-2)21(33-4)20(10-14)32-3/h5-6,9-11,13,16,25H,7-8,12H2,1-4H3. The molecule has 33 heavy (non-hydrogen) atoms. The maximum atomic E-state index is 13.2. The van der Waals surface area contributed by atoms with Crippen LogP contribution in [-0.4, -0.2) is 82.0 Å². The van der Waals surface area contributed by atoms with E-state index in [9.17, 15) is 14.4 Å². The Balaban J connectivity index is 1.84. The molecule has 0 saturated carbocycles. The number of anilines is 1. The van der Waals surface area contributed by atoms with Crippen molar-refractivity contribution >= 4 is 39.7 Å². The number of carbonyl (C=O) groups is 3. The number of benzene rings is 2. The normalized spacial score (nSPS) is 15.6. The SMILES string of the molecule is CNc1ccc(Br)cc1C(=O)N1CCN(C(=O)c2cc(OC)c(OC)c(OC)c2)CC1C=O. The van der Waals surface area contributed by atoms with Gasteiger partial charge in [-0.1, -0.05) is 15.9 Å². The summed E-state index contributed by atoms with van der Waals surface area (Å²) in [5.74, 6) is 0.515. The first-order valence-corrected chi connectivity index (χ1v) is 11.0. The van der Waals surface area contributed by atoms with Gasteiger partial charge in [0, 0.05) is 42.4 Å². The Morgan fingerprint density at radius 2 is 1.70 bits per heavy atom. The van der Waals surface area contributed by atoms with Gasteiger partial charge < -0.3 is 34.1 Å². The van der Waals surface area contributed by atoms with Crippen LogP contribution in [0.4, 0.5) is 5.69 Å². The summed E-state index contributed by atoms with van der Waals surface area (Å²) in [6, 6.07) is 7.69. The van der Waals surface area contributed by atoms with Gasteiger partial charge in [-0.2, -0.15) is 0 Å². The van der Waals surface area contributed by atoms with E-state index in [2.05, 4.69) is 21.2 Å². The number of hydrogen-bond donors (Lipinski definition) is 1. The van der Waals surface area contributed by atoms with Crippen LogP contribution in [0.5, 0.6) is 17.2 Å². The molecule has 0 radical (unpaired) electrons. The minimum Gasteiger partial charge on any atom is -0.493 e. The third kappa shape index (κ3) is 4.90. The van der Waals surface area contributed by atoms with Gasteiger partial charge in [-0.3, -0.25) is 9.59 Å². The molecule has 1 heterocycles. The van der Waals surface area contributed by atoms with Gasteiger partial charge in [-0.25, -0.2) is 0 Å². The molecule has 1 atom stereocenters. The van der Waals surface area contributed by atoms with Crippen molar-refractivity contribution in [1.29, 1.82) is 0 Å². The van der Waals surface area contributed by atoms with Crippen molar-refractivity contribution in [1.82, 2.24) is 9.80 Å². The van der Waals surface area contributed by atoms with E-state index in [0.29, 0.717) is 40.3 Å². The van der Waals surface area contributed by atoms with Gasteiger partial charge in [-0.15, -0.1) is 0 Å². The van der Waals surface area contributed by atoms with Crippen LogP contribution in [0.25, 0.3) is 0 Å². The van der Waals surface area contributed by atoms with Crippen molar-refractivity contribution in [3.05, 3.63) is 45.9 Å². The van der Waals surface area contributed by atoms with Gasteiger partial charge in [-0.05, 0) is 30.3 Å². The molecule has 9 nitrogen and oxygen atoms in total. The Bertz CT molecular complexity index is 1040.